The molecule has 9 heteroatoms. The van der Waals surface area contributed by atoms with Crippen LogP contribution >= 0.6 is 0 Å². The van der Waals surface area contributed by atoms with Crippen LogP contribution in [0.2, 0.25) is 0 Å². The maximum Gasteiger partial charge on any atom is 0.214 e. The fourth-order valence-corrected chi connectivity index (χ4v) is 7.62. The Morgan fingerprint density at radius 3 is 2.90 bits per heavy atom. The number of rotatable bonds is 5. The highest BCUT2D eigenvalue weighted by Crippen LogP contribution is 2.45. The van der Waals surface area contributed by atoms with Crippen molar-refractivity contribution in [1.29, 1.82) is 0 Å². The standard InChI is InChI=1S/C20H28N6O2S/c1-3-15-9-14(12-29(27,28)25-8-4-5-13(25)2)10-16(15)20-24-23-18-11-22-19-17(26(18)20)6-7-21-19/h6-7,11,13-16,21H,3-5,8-10,12H2,1-2H3/t13-,14+,15-,16+/m1/s1. The van der Waals surface area contributed by atoms with Gasteiger partial charge in [0.05, 0.1) is 17.5 Å². The monoisotopic (exact) mass is 416 g/mol. The average Bonchev–Trinajstić information content (AvgIpc) is 3.45. The van der Waals surface area contributed by atoms with Crippen LogP contribution in [0.1, 0.15) is 57.7 Å². The fourth-order valence-electron chi connectivity index (χ4n) is 5.50. The second-order valence-electron chi connectivity index (χ2n) is 8.71. The molecule has 0 radical (unpaired) electrons. The van der Waals surface area contributed by atoms with Gasteiger partial charge < -0.3 is 4.98 Å². The third kappa shape index (κ3) is 3.15. The van der Waals surface area contributed by atoms with Gasteiger partial charge in [-0.2, -0.15) is 4.31 Å². The minimum Gasteiger partial charge on any atom is -0.345 e. The van der Waals surface area contributed by atoms with E-state index in [-0.39, 0.29) is 23.6 Å². The summed E-state index contributed by atoms with van der Waals surface area (Å²) in [6, 6.07) is 2.13. The quantitative estimate of drug-likeness (QED) is 0.690. The van der Waals surface area contributed by atoms with Gasteiger partial charge in [-0.05, 0) is 50.5 Å². The second-order valence-corrected chi connectivity index (χ2v) is 10.7. The molecular formula is C20H28N6O2S. The Morgan fingerprint density at radius 1 is 1.28 bits per heavy atom. The summed E-state index contributed by atoms with van der Waals surface area (Å²) in [5, 5.41) is 8.87. The van der Waals surface area contributed by atoms with E-state index in [9.17, 15) is 8.42 Å². The van der Waals surface area contributed by atoms with E-state index >= 15 is 0 Å². The molecule has 0 bridgehead atoms. The van der Waals surface area contributed by atoms with Crippen molar-refractivity contribution in [2.45, 2.75) is 57.9 Å². The zero-order chi connectivity index (χ0) is 20.2. The van der Waals surface area contributed by atoms with Crippen molar-refractivity contribution in [1.82, 2.24) is 28.9 Å². The summed E-state index contributed by atoms with van der Waals surface area (Å²) in [5.41, 5.74) is 2.52. The third-order valence-corrected chi connectivity index (χ3v) is 9.06. The minimum atomic E-state index is -3.21. The molecule has 8 nitrogen and oxygen atoms in total. The predicted molar refractivity (Wildman–Crippen MR) is 111 cm³/mol. The summed E-state index contributed by atoms with van der Waals surface area (Å²) in [6.07, 6.45) is 8.33. The topological polar surface area (TPSA) is 96.2 Å². The van der Waals surface area contributed by atoms with Crippen LogP contribution in [0.4, 0.5) is 0 Å². The van der Waals surface area contributed by atoms with E-state index in [1.807, 2.05) is 19.2 Å². The first kappa shape index (κ1) is 19.0. The van der Waals surface area contributed by atoms with Gasteiger partial charge in [-0.1, -0.05) is 13.3 Å². The van der Waals surface area contributed by atoms with Crippen molar-refractivity contribution in [3.8, 4) is 0 Å². The molecule has 29 heavy (non-hydrogen) atoms. The van der Waals surface area contributed by atoms with Crippen LogP contribution in [0.15, 0.2) is 18.5 Å². The van der Waals surface area contributed by atoms with Crippen molar-refractivity contribution < 1.29 is 8.42 Å². The second kappa shape index (κ2) is 7.05. The van der Waals surface area contributed by atoms with Crippen molar-refractivity contribution >= 4 is 26.8 Å². The maximum absolute atomic E-state index is 13.0. The van der Waals surface area contributed by atoms with E-state index in [0.29, 0.717) is 12.5 Å². The molecular weight excluding hydrogens is 388 g/mol. The molecule has 5 rings (SSSR count). The van der Waals surface area contributed by atoms with E-state index in [1.54, 1.807) is 10.5 Å². The van der Waals surface area contributed by atoms with Gasteiger partial charge in [-0.3, -0.25) is 4.40 Å². The highest BCUT2D eigenvalue weighted by atomic mass is 32.2. The Balaban J connectivity index is 1.44. The van der Waals surface area contributed by atoms with Crippen molar-refractivity contribution in [3.05, 3.63) is 24.3 Å². The molecule has 1 saturated heterocycles. The Hall–Kier alpha value is -2.00. The lowest BCUT2D eigenvalue weighted by molar-refractivity contribution is 0.399. The highest BCUT2D eigenvalue weighted by molar-refractivity contribution is 7.89. The van der Waals surface area contributed by atoms with Crippen LogP contribution in [0.5, 0.6) is 0 Å². The molecule has 2 fully saturated rings. The zero-order valence-electron chi connectivity index (χ0n) is 17.0. The van der Waals surface area contributed by atoms with Gasteiger partial charge in [-0.25, -0.2) is 13.4 Å². The molecule has 1 aliphatic carbocycles. The number of sulfonamides is 1. The Kier molecular flexibility index (Phi) is 4.62. The van der Waals surface area contributed by atoms with Crippen molar-refractivity contribution in [2.75, 3.05) is 12.3 Å². The summed E-state index contributed by atoms with van der Waals surface area (Å²) >= 11 is 0. The SMILES string of the molecule is CC[C@@H]1C[C@H](CS(=O)(=O)N2CCC[C@H]2C)C[C@@H]1c1nnc2cnc3[nH]ccc3n12. The van der Waals surface area contributed by atoms with Gasteiger partial charge in [0.25, 0.3) is 0 Å². The first-order valence-electron chi connectivity index (χ1n) is 10.6. The van der Waals surface area contributed by atoms with Gasteiger partial charge in [-0.15, -0.1) is 10.2 Å². The first-order chi connectivity index (χ1) is 14.0. The average molecular weight is 417 g/mol. The molecule has 1 N–H and O–H groups in total. The molecule has 0 amide bonds. The molecule has 3 aromatic rings. The third-order valence-electron chi connectivity index (χ3n) is 6.91. The Labute approximate surface area is 170 Å². The zero-order valence-corrected chi connectivity index (χ0v) is 17.8. The van der Waals surface area contributed by atoms with E-state index < -0.39 is 10.0 Å². The summed E-state index contributed by atoms with van der Waals surface area (Å²) in [5.74, 6) is 1.99. The number of fused-ring (bicyclic) bond motifs is 3. The lowest BCUT2D eigenvalue weighted by Crippen LogP contribution is -2.37. The molecule has 0 spiro atoms. The number of H-pyrrole nitrogens is 1. The summed E-state index contributed by atoms with van der Waals surface area (Å²) < 4.78 is 29.9. The summed E-state index contributed by atoms with van der Waals surface area (Å²) in [4.78, 5) is 7.55. The molecule has 1 saturated carbocycles. The summed E-state index contributed by atoms with van der Waals surface area (Å²) in [6.45, 7) is 4.88. The fraction of sp³-hybridized carbons (Fsp3) is 0.650. The van der Waals surface area contributed by atoms with E-state index in [4.69, 9.17) is 0 Å². The van der Waals surface area contributed by atoms with Crippen LogP contribution in [0.3, 0.4) is 0 Å². The highest BCUT2D eigenvalue weighted by Gasteiger charge is 2.41. The van der Waals surface area contributed by atoms with Gasteiger partial charge in [0.15, 0.2) is 11.3 Å². The Morgan fingerprint density at radius 2 is 2.14 bits per heavy atom. The van der Waals surface area contributed by atoms with Crippen molar-refractivity contribution in [3.63, 3.8) is 0 Å². The number of nitrogens with one attached hydrogen (secondary N) is 1. The Bertz CT molecular complexity index is 1140. The molecule has 3 aromatic heterocycles. The number of hydrogen-bond donors (Lipinski definition) is 1. The number of aromatic amines is 1. The molecule has 4 heterocycles. The normalized spacial score (nSPS) is 28.8. The lowest BCUT2D eigenvalue weighted by atomic mass is 9.93. The van der Waals surface area contributed by atoms with Crippen LogP contribution in [-0.4, -0.2) is 55.6 Å². The van der Waals surface area contributed by atoms with Gasteiger partial charge in [0.2, 0.25) is 10.0 Å². The van der Waals surface area contributed by atoms with Crippen LogP contribution in [0, 0.1) is 11.8 Å². The van der Waals surface area contributed by atoms with Gasteiger partial charge >= 0.3 is 0 Å². The smallest absolute Gasteiger partial charge is 0.214 e. The molecule has 0 aromatic carbocycles. The van der Waals surface area contributed by atoms with Crippen LogP contribution in [0.25, 0.3) is 16.8 Å². The molecule has 1 aliphatic heterocycles. The molecule has 156 valence electrons. The summed E-state index contributed by atoms with van der Waals surface area (Å²) in [7, 11) is -3.21. The molecule has 4 atom stereocenters. The van der Waals surface area contributed by atoms with E-state index in [1.165, 1.54) is 0 Å². The largest absolute Gasteiger partial charge is 0.345 e. The number of hydrogen-bond acceptors (Lipinski definition) is 5. The minimum absolute atomic E-state index is 0.133. The number of nitrogens with zero attached hydrogens (tertiary/aromatic N) is 5. The van der Waals surface area contributed by atoms with Crippen LogP contribution in [-0.2, 0) is 10.0 Å². The van der Waals surface area contributed by atoms with E-state index in [0.717, 1.165) is 54.7 Å². The molecule has 2 aliphatic rings. The maximum atomic E-state index is 13.0. The molecule has 0 unspecified atom stereocenters. The predicted octanol–water partition coefficient (Wildman–Crippen LogP) is 2.94. The van der Waals surface area contributed by atoms with Crippen LogP contribution < -0.4 is 0 Å². The van der Waals surface area contributed by atoms with Gasteiger partial charge in [0.1, 0.15) is 5.82 Å². The van der Waals surface area contributed by atoms with Crippen molar-refractivity contribution in [2.24, 2.45) is 11.8 Å². The first-order valence-corrected chi connectivity index (χ1v) is 12.3. The number of aromatic nitrogens is 5. The van der Waals surface area contributed by atoms with Gasteiger partial charge in [0, 0.05) is 24.7 Å². The lowest BCUT2D eigenvalue weighted by Gasteiger charge is -2.23. The van der Waals surface area contributed by atoms with E-state index in [2.05, 4.69) is 31.5 Å².